The molecule has 3 N–H and O–H groups in total. The normalized spacial score (nSPS) is 20.4. The van der Waals surface area contributed by atoms with Crippen LogP contribution in [0.15, 0.2) is 59.5 Å². The van der Waals surface area contributed by atoms with Gasteiger partial charge in [-0.2, -0.15) is 0 Å². The van der Waals surface area contributed by atoms with Crippen LogP contribution in [0, 0.1) is 11.6 Å². The predicted octanol–water partition coefficient (Wildman–Crippen LogP) is 1.64. The Morgan fingerprint density at radius 1 is 1.15 bits per heavy atom. The molecule has 0 radical (unpaired) electrons. The van der Waals surface area contributed by atoms with E-state index in [-0.39, 0.29) is 29.2 Å². The molecule has 33 heavy (non-hydrogen) atoms. The van der Waals surface area contributed by atoms with Crippen LogP contribution < -0.4 is 14.8 Å². The van der Waals surface area contributed by atoms with E-state index in [4.69, 9.17) is 9.47 Å². The Labute approximate surface area is 190 Å². The molecule has 3 atom stereocenters. The average molecular weight is 483 g/mol. The number of hydrogen-bond donors (Lipinski definition) is 3. The number of carbonyl (C=O) groups is 1. The van der Waals surface area contributed by atoms with Crippen LogP contribution in [0.2, 0.25) is 0 Å². The molecular weight excluding hydrogens is 458 g/mol. The lowest BCUT2D eigenvalue weighted by Gasteiger charge is -2.31. The number of sulfonamides is 1. The Hall–Kier alpha value is -2.86. The van der Waals surface area contributed by atoms with Gasteiger partial charge in [-0.25, -0.2) is 21.9 Å². The SMILES string of the molecule is COc1ccccc1S(=O)(=O)N[C@H]1C=C[C@H](CC(=O)NCc2cc(F)cc(F)c2)O[C@H]1CO. The molecule has 2 aromatic carbocycles. The average Bonchev–Trinajstić information content (AvgIpc) is 2.78. The predicted molar refractivity (Wildman–Crippen MR) is 115 cm³/mol. The molecule has 0 spiro atoms. The standard InChI is InChI=1S/C22H24F2N2O6S/c1-31-19-4-2-3-5-21(19)33(29,30)26-18-7-6-17(32-20(18)13-27)11-22(28)25-12-14-8-15(23)10-16(24)9-14/h2-10,17-18,20,26-27H,11-13H2,1H3,(H,25,28)/t17-,18+,20+/m1/s1. The van der Waals surface area contributed by atoms with Crippen LogP contribution in [0.5, 0.6) is 5.75 Å². The number of aliphatic hydroxyl groups is 1. The third kappa shape index (κ3) is 6.57. The second-order valence-corrected chi connectivity index (χ2v) is 9.02. The second kappa shape index (κ2) is 10.8. The van der Waals surface area contributed by atoms with Gasteiger partial charge in [-0.15, -0.1) is 0 Å². The van der Waals surface area contributed by atoms with Crippen LogP contribution in [0.4, 0.5) is 8.78 Å². The Kier molecular flexibility index (Phi) is 8.14. The van der Waals surface area contributed by atoms with Crippen molar-refractivity contribution in [3.63, 3.8) is 0 Å². The molecular formula is C22H24F2N2O6S. The Balaban J connectivity index is 1.61. The first-order chi connectivity index (χ1) is 15.7. The number of ether oxygens (including phenoxy) is 2. The second-order valence-electron chi connectivity index (χ2n) is 7.34. The zero-order chi connectivity index (χ0) is 24.0. The van der Waals surface area contributed by atoms with Crippen molar-refractivity contribution in [1.82, 2.24) is 10.0 Å². The molecule has 8 nitrogen and oxygen atoms in total. The van der Waals surface area contributed by atoms with Gasteiger partial charge in [0.2, 0.25) is 15.9 Å². The number of halogens is 2. The van der Waals surface area contributed by atoms with Crippen molar-refractivity contribution in [1.29, 1.82) is 0 Å². The van der Waals surface area contributed by atoms with Gasteiger partial charge in [-0.3, -0.25) is 4.79 Å². The fourth-order valence-electron chi connectivity index (χ4n) is 3.36. The molecule has 3 rings (SSSR count). The summed E-state index contributed by atoms with van der Waals surface area (Å²) in [5.74, 6) is -1.77. The number of nitrogens with one attached hydrogen (secondary N) is 2. The zero-order valence-corrected chi connectivity index (χ0v) is 18.5. The van der Waals surface area contributed by atoms with Gasteiger partial charge in [0.15, 0.2) is 0 Å². The Bertz CT molecular complexity index is 1110. The van der Waals surface area contributed by atoms with Crippen LogP contribution in [0.25, 0.3) is 0 Å². The highest BCUT2D eigenvalue weighted by Gasteiger charge is 2.32. The van der Waals surface area contributed by atoms with Crippen LogP contribution >= 0.6 is 0 Å². The Morgan fingerprint density at radius 2 is 1.85 bits per heavy atom. The molecule has 0 saturated carbocycles. The molecule has 0 fully saturated rings. The first-order valence-corrected chi connectivity index (χ1v) is 11.5. The molecule has 1 amide bonds. The van der Waals surface area contributed by atoms with Crippen LogP contribution in [0.1, 0.15) is 12.0 Å². The van der Waals surface area contributed by atoms with Gasteiger partial charge < -0.3 is 19.9 Å². The quantitative estimate of drug-likeness (QED) is 0.469. The fourth-order valence-corrected chi connectivity index (χ4v) is 4.75. The third-order valence-corrected chi connectivity index (χ3v) is 6.41. The summed E-state index contributed by atoms with van der Waals surface area (Å²) in [5, 5.41) is 12.2. The monoisotopic (exact) mass is 482 g/mol. The van der Waals surface area contributed by atoms with Crippen LogP contribution in [-0.4, -0.2) is 51.4 Å². The van der Waals surface area contributed by atoms with Crippen molar-refractivity contribution in [2.75, 3.05) is 13.7 Å². The topological polar surface area (TPSA) is 114 Å². The van der Waals surface area contributed by atoms with E-state index in [0.29, 0.717) is 0 Å². The number of para-hydroxylation sites is 1. The smallest absolute Gasteiger partial charge is 0.244 e. The largest absolute Gasteiger partial charge is 0.495 e. The minimum Gasteiger partial charge on any atom is -0.495 e. The minimum atomic E-state index is -3.99. The van der Waals surface area contributed by atoms with Gasteiger partial charge in [0.05, 0.1) is 32.3 Å². The minimum absolute atomic E-state index is 0.0622. The summed E-state index contributed by atoms with van der Waals surface area (Å²) in [4.78, 5) is 12.2. The molecule has 0 saturated heterocycles. The van der Waals surface area contributed by atoms with E-state index < -0.39 is 52.4 Å². The number of aliphatic hydroxyl groups excluding tert-OH is 1. The highest BCUT2D eigenvalue weighted by Crippen LogP contribution is 2.24. The fraction of sp³-hybridized carbons (Fsp3) is 0.318. The summed E-state index contributed by atoms with van der Waals surface area (Å²) < 4.78 is 65.3. The highest BCUT2D eigenvalue weighted by molar-refractivity contribution is 7.89. The van der Waals surface area contributed by atoms with E-state index in [1.807, 2.05) is 0 Å². The van der Waals surface area contributed by atoms with Crippen molar-refractivity contribution in [3.05, 3.63) is 71.8 Å². The van der Waals surface area contributed by atoms with Crippen molar-refractivity contribution in [2.45, 2.75) is 36.1 Å². The summed E-state index contributed by atoms with van der Waals surface area (Å²) in [5.41, 5.74) is 0.264. The summed E-state index contributed by atoms with van der Waals surface area (Å²) in [6, 6.07) is 8.18. The van der Waals surface area contributed by atoms with Gasteiger partial charge in [-0.05, 0) is 29.8 Å². The first kappa shape index (κ1) is 24.8. The molecule has 11 heteroatoms. The van der Waals surface area contributed by atoms with E-state index >= 15 is 0 Å². The van der Waals surface area contributed by atoms with E-state index in [2.05, 4.69) is 10.0 Å². The van der Waals surface area contributed by atoms with Crippen molar-refractivity contribution in [3.8, 4) is 5.75 Å². The van der Waals surface area contributed by atoms with Crippen molar-refractivity contribution in [2.24, 2.45) is 0 Å². The maximum Gasteiger partial charge on any atom is 0.244 e. The van der Waals surface area contributed by atoms with E-state index in [1.54, 1.807) is 12.1 Å². The molecule has 0 aromatic heterocycles. The summed E-state index contributed by atoms with van der Waals surface area (Å²) in [7, 11) is -2.63. The summed E-state index contributed by atoms with van der Waals surface area (Å²) in [6.07, 6.45) is 1.24. The zero-order valence-electron chi connectivity index (χ0n) is 17.7. The molecule has 1 aliphatic rings. The lowest BCUT2D eigenvalue weighted by molar-refractivity contribution is -0.125. The van der Waals surface area contributed by atoms with E-state index in [0.717, 1.165) is 18.2 Å². The number of carbonyl (C=O) groups excluding carboxylic acids is 1. The van der Waals surface area contributed by atoms with Gasteiger partial charge >= 0.3 is 0 Å². The maximum atomic E-state index is 13.3. The van der Waals surface area contributed by atoms with Gasteiger partial charge in [0.25, 0.3) is 0 Å². The highest BCUT2D eigenvalue weighted by atomic mass is 32.2. The van der Waals surface area contributed by atoms with Crippen molar-refractivity contribution >= 4 is 15.9 Å². The molecule has 0 aliphatic carbocycles. The Morgan fingerprint density at radius 3 is 2.52 bits per heavy atom. The molecule has 1 heterocycles. The summed E-state index contributed by atoms with van der Waals surface area (Å²) >= 11 is 0. The third-order valence-electron chi connectivity index (χ3n) is 4.91. The molecule has 0 bridgehead atoms. The maximum absolute atomic E-state index is 13.3. The van der Waals surface area contributed by atoms with Crippen LogP contribution in [-0.2, 0) is 26.1 Å². The number of amides is 1. The number of methoxy groups -OCH3 is 1. The number of hydrogen-bond acceptors (Lipinski definition) is 6. The number of benzene rings is 2. The van der Waals surface area contributed by atoms with Crippen LogP contribution in [0.3, 0.4) is 0 Å². The molecule has 2 aromatic rings. The lowest BCUT2D eigenvalue weighted by atomic mass is 10.1. The number of rotatable bonds is 9. The van der Waals surface area contributed by atoms with Gasteiger partial charge in [-0.1, -0.05) is 24.3 Å². The molecule has 1 aliphatic heterocycles. The van der Waals surface area contributed by atoms with E-state index in [1.165, 1.54) is 31.4 Å². The summed E-state index contributed by atoms with van der Waals surface area (Å²) in [6.45, 7) is -0.571. The first-order valence-electron chi connectivity index (χ1n) is 10.0. The van der Waals surface area contributed by atoms with Gasteiger partial charge in [0, 0.05) is 12.6 Å². The molecule has 0 unspecified atom stereocenters. The molecule has 178 valence electrons. The van der Waals surface area contributed by atoms with Gasteiger partial charge in [0.1, 0.15) is 28.4 Å². The van der Waals surface area contributed by atoms with Crippen molar-refractivity contribution < 1.29 is 36.6 Å². The lowest BCUT2D eigenvalue weighted by Crippen LogP contribution is -2.49. The van der Waals surface area contributed by atoms with E-state index in [9.17, 15) is 27.1 Å².